The molecule has 0 fully saturated rings. The van der Waals surface area contributed by atoms with Gasteiger partial charge in [-0.1, -0.05) is 13.5 Å². The highest BCUT2D eigenvalue weighted by Gasteiger charge is 2.12. The van der Waals surface area contributed by atoms with Crippen LogP contribution in [0.1, 0.15) is 20.8 Å². The molecule has 0 N–H and O–H groups in total. The van der Waals surface area contributed by atoms with Gasteiger partial charge in [0.25, 0.3) is 0 Å². The standard InChI is InChI=1S/C14H24N2OS/c1-5-15(6-2)13-9-10-14(18-8-4)16(13)11-12-17-7-3/h7,9-10H,3,5-6,8,11-12H2,1-2,4H3. The minimum Gasteiger partial charge on any atom is -0.500 e. The van der Waals surface area contributed by atoms with Crippen LogP contribution in [0.5, 0.6) is 0 Å². The van der Waals surface area contributed by atoms with Gasteiger partial charge in [0.2, 0.25) is 0 Å². The van der Waals surface area contributed by atoms with E-state index in [1.54, 1.807) is 0 Å². The maximum atomic E-state index is 5.26. The molecule has 1 aromatic rings. The summed E-state index contributed by atoms with van der Waals surface area (Å²) in [6.07, 6.45) is 1.51. The van der Waals surface area contributed by atoms with Crippen molar-refractivity contribution in [3.8, 4) is 0 Å². The summed E-state index contributed by atoms with van der Waals surface area (Å²) >= 11 is 1.87. The summed E-state index contributed by atoms with van der Waals surface area (Å²) in [5.74, 6) is 2.37. The van der Waals surface area contributed by atoms with E-state index in [-0.39, 0.29) is 0 Å². The third-order valence-corrected chi connectivity index (χ3v) is 3.79. The van der Waals surface area contributed by atoms with E-state index in [1.165, 1.54) is 17.1 Å². The van der Waals surface area contributed by atoms with E-state index in [1.807, 2.05) is 11.8 Å². The summed E-state index contributed by atoms with van der Waals surface area (Å²) in [6, 6.07) is 4.41. The Kier molecular flexibility index (Phi) is 6.80. The van der Waals surface area contributed by atoms with Gasteiger partial charge in [0.1, 0.15) is 12.4 Å². The maximum absolute atomic E-state index is 5.26. The van der Waals surface area contributed by atoms with E-state index in [4.69, 9.17) is 4.74 Å². The van der Waals surface area contributed by atoms with E-state index < -0.39 is 0 Å². The maximum Gasteiger partial charge on any atom is 0.109 e. The molecule has 0 atom stereocenters. The Hall–Kier alpha value is -1.03. The van der Waals surface area contributed by atoms with Gasteiger partial charge in [0.15, 0.2) is 0 Å². The van der Waals surface area contributed by atoms with E-state index in [0.717, 1.165) is 25.4 Å². The summed E-state index contributed by atoms with van der Waals surface area (Å²) in [6.45, 7) is 13.7. The van der Waals surface area contributed by atoms with Gasteiger partial charge in [-0.25, -0.2) is 0 Å². The highest BCUT2D eigenvalue weighted by atomic mass is 32.2. The van der Waals surface area contributed by atoms with Gasteiger partial charge >= 0.3 is 0 Å². The molecule has 0 radical (unpaired) electrons. The first kappa shape index (κ1) is 15.0. The lowest BCUT2D eigenvalue weighted by molar-refractivity contribution is 0.234. The Labute approximate surface area is 115 Å². The number of thioether (sulfide) groups is 1. The molecule has 1 aromatic heterocycles. The average molecular weight is 268 g/mol. The molecule has 0 unspecified atom stereocenters. The highest BCUT2D eigenvalue weighted by Crippen LogP contribution is 2.26. The number of hydrogen-bond acceptors (Lipinski definition) is 3. The largest absolute Gasteiger partial charge is 0.500 e. The van der Waals surface area contributed by atoms with Crippen LogP contribution in [0, 0.1) is 0 Å². The average Bonchev–Trinajstić information content (AvgIpc) is 2.76. The van der Waals surface area contributed by atoms with Crippen molar-refractivity contribution in [2.24, 2.45) is 0 Å². The summed E-state index contributed by atoms with van der Waals surface area (Å²) in [5, 5.41) is 1.31. The SMILES string of the molecule is C=COCCn1c(SCC)ccc1N(CC)CC. The monoisotopic (exact) mass is 268 g/mol. The van der Waals surface area contributed by atoms with Crippen LogP contribution in [0.3, 0.4) is 0 Å². The van der Waals surface area contributed by atoms with Crippen molar-refractivity contribution in [3.05, 3.63) is 25.0 Å². The zero-order valence-electron chi connectivity index (χ0n) is 11.7. The van der Waals surface area contributed by atoms with Gasteiger partial charge in [-0.05, 0) is 31.7 Å². The first-order valence-corrected chi connectivity index (χ1v) is 7.56. The zero-order chi connectivity index (χ0) is 13.4. The second-order valence-corrected chi connectivity index (χ2v) is 5.11. The van der Waals surface area contributed by atoms with Crippen molar-refractivity contribution >= 4 is 17.6 Å². The van der Waals surface area contributed by atoms with Crippen molar-refractivity contribution in [1.82, 2.24) is 4.57 Å². The summed E-state index contributed by atoms with van der Waals surface area (Å²) < 4.78 is 7.60. The van der Waals surface area contributed by atoms with E-state index in [2.05, 4.69) is 48.9 Å². The molecule has 0 bridgehead atoms. The van der Waals surface area contributed by atoms with E-state index in [0.29, 0.717) is 6.61 Å². The lowest BCUT2D eigenvalue weighted by Crippen LogP contribution is -2.25. The quantitative estimate of drug-likeness (QED) is 0.387. The van der Waals surface area contributed by atoms with Crippen LogP contribution in [-0.4, -0.2) is 30.0 Å². The Bertz CT molecular complexity index is 359. The highest BCUT2D eigenvalue weighted by molar-refractivity contribution is 7.99. The first-order valence-electron chi connectivity index (χ1n) is 6.58. The van der Waals surface area contributed by atoms with Gasteiger partial charge in [-0.2, -0.15) is 0 Å². The number of ether oxygens (including phenoxy) is 1. The first-order chi connectivity index (χ1) is 8.78. The molecule has 0 aliphatic heterocycles. The van der Waals surface area contributed by atoms with Crippen LogP contribution in [-0.2, 0) is 11.3 Å². The molecule has 18 heavy (non-hydrogen) atoms. The molecule has 4 heteroatoms. The van der Waals surface area contributed by atoms with Crippen LogP contribution in [0.25, 0.3) is 0 Å². The van der Waals surface area contributed by atoms with Crippen molar-refractivity contribution < 1.29 is 4.74 Å². The van der Waals surface area contributed by atoms with Crippen LogP contribution >= 0.6 is 11.8 Å². The molecule has 0 saturated heterocycles. The second-order valence-electron chi connectivity index (χ2n) is 3.82. The fraction of sp³-hybridized carbons (Fsp3) is 0.571. The molecule has 0 aliphatic rings. The van der Waals surface area contributed by atoms with Crippen LogP contribution in [0.15, 0.2) is 30.0 Å². The topological polar surface area (TPSA) is 17.4 Å². The molecule has 0 amide bonds. The Morgan fingerprint density at radius 2 is 2.06 bits per heavy atom. The summed E-state index contributed by atoms with van der Waals surface area (Å²) in [7, 11) is 0. The molecule has 3 nitrogen and oxygen atoms in total. The predicted molar refractivity (Wildman–Crippen MR) is 80.5 cm³/mol. The summed E-state index contributed by atoms with van der Waals surface area (Å²) in [4.78, 5) is 2.37. The Balaban J connectivity index is 2.90. The minimum absolute atomic E-state index is 0.670. The van der Waals surface area contributed by atoms with Crippen LogP contribution in [0.4, 0.5) is 5.82 Å². The number of aromatic nitrogens is 1. The third-order valence-electron chi connectivity index (χ3n) is 2.85. The molecule has 1 rings (SSSR count). The third kappa shape index (κ3) is 3.73. The van der Waals surface area contributed by atoms with Crippen LogP contribution < -0.4 is 4.90 Å². The second kappa shape index (κ2) is 8.14. The fourth-order valence-electron chi connectivity index (χ4n) is 1.99. The lowest BCUT2D eigenvalue weighted by atomic mass is 10.4. The van der Waals surface area contributed by atoms with Crippen LogP contribution in [0.2, 0.25) is 0 Å². The molecule has 0 aromatic carbocycles. The molecule has 0 saturated carbocycles. The van der Waals surface area contributed by atoms with Crippen molar-refractivity contribution in [2.45, 2.75) is 32.3 Å². The number of rotatable bonds is 9. The number of hydrogen-bond donors (Lipinski definition) is 0. The molecular formula is C14H24N2OS. The zero-order valence-corrected chi connectivity index (χ0v) is 12.5. The fourth-order valence-corrected chi connectivity index (χ4v) is 2.79. The molecule has 1 heterocycles. The number of anilines is 1. The Morgan fingerprint density at radius 3 is 2.61 bits per heavy atom. The molecule has 102 valence electrons. The Morgan fingerprint density at radius 1 is 1.33 bits per heavy atom. The lowest BCUT2D eigenvalue weighted by Gasteiger charge is -2.23. The van der Waals surface area contributed by atoms with Gasteiger partial charge in [-0.3, -0.25) is 0 Å². The van der Waals surface area contributed by atoms with Gasteiger partial charge in [-0.15, -0.1) is 11.8 Å². The normalized spacial score (nSPS) is 10.4. The summed E-state index contributed by atoms with van der Waals surface area (Å²) in [5.41, 5.74) is 0. The van der Waals surface area contributed by atoms with Gasteiger partial charge in [0.05, 0.1) is 17.8 Å². The number of nitrogens with zero attached hydrogens (tertiary/aromatic N) is 2. The van der Waals surface area contributed by atoms with Crippen molar-refractivity contribution in [2.75, 3.05) is 30.3 Å². The van der Waals surface area contributed by atoms with Gasteiger partial charge in [0, 0.05) is 13.1 Å². The molecule has 0 aliphatic carbocycles. The minimum atomic E-state index is 0.670. The van der Waals surface area contributed by atoms with Gasteiger partial charge < -0.3 is 14.2 Å². The van der Waals surface area contributed by atoms with Crippen molar-refractivity contribution in [1.29, 1.82) is 0 Å². The van der Waals surface area contributed by atoms with E-state index in [9.17, 15) is 0 Å². The van der Waals surface area contributed by atoms with Crippen molar-refractivity contribution in [3.63, 3.8) is 0 Å². The molecule has 0 spiro atoms. The smallest absolute Gasteiger partial charge is 0.109 e. The van der Waals surface area contributed by atoms with E-state index >= 15 is 0 Å². The molecular weight excluding hydrogens is 244 g/mol. The predicted octanol–water partition coefficient (Wildman–Crippen LogP) is 3.61.